The molecule has 0 saturated heterocycles. The SMILES string of the molecule is C=O.O=C(O)c1ccncc1. The molecule has 0 aliphatic carbocycles. The summed E-state index contributed by atoms with van der Waals surface area (Å²) in [6, 6.07) is 2.89. The van der Waals surface area contributed by atoms with Crippen molar-refractivity contribution in [2.24, 2.45) is 0 Å². The Morgan fingerprint density at radius 1 is 1.36 bits per heavy atom. The highest BCUT2D eigenvalue weighted by Crippen LogP contribution is 1.93. The van der Waals surface area contributed by atoms with Crippen molar-refractivity contribution in [3.63, 3.8) is 0 Å². The van der Waals surface area contributed by atoms with Crippen molar-refractivity contribution in [3.8, 4) is 0 Å². The van der Waals surface area contributed by atoms with Gasteiger partial charge in [-0.25, -0.2) is 4.79 Å². The molecule has 1 rings (SSSR count). The van der Waals surface area contributed by atoms with Crippen LogP contribution in [0.2, 0.25) is 0 Å². The van der Waals surface area contributed by atoms with Crippen LogP contribution in [0.15, 0.2) is 24.5 Å². The largest absolute Gasteiger partial charge is 0.478 e. The van der Waals surface area contributed by atoms with Gasteiger partial charge in [-0.1, -0.05) is 0 Å². The maximum Gasteiger partial charge on any atom is 0.335 e. The summed E-state index contributed by atoms with van der Waals surface area (Å²) in [5, 5.41) is 8.36. The summed E-state index contributed by atoms with van der Waals surface area (Å²) in [6.45, 7) is 2.00. The van der Waals surface area contributed by atoms with E-state index in [2.05, 4.69) is 4.98 Å². The van der Waals surface area contributed by atoms with Gasteiger partial charge in [0.2, 0.25) is 0 Å². The van der Waals surface area contributed by atoms with Crippen LogP contribution in [0.1, 0.15) is 10.4 Å². The molecular weight excluding hydrogens is 146 g/mol. The molecular formula is C7H7NO3. The van der Waals surface area contributed by atoms with E-state index < -0.39 is 5.97 Å². The Hall–Kier alpha value is -1.71. The van der Waals surface area contributed by atoms with E-state index in [1.54, 1.807) is 0 Å². The normalized spacial score (nSPS) is 7.64. The first-order chi connectivity index (χ1) is 5.30. The highest BCUT2D eigenvalue weighted by molar-refractivity contribution is 5.87. The maximum atomic E-state index is 10.2. The van der Waals surface area contributed by atoms with Gasteiger partial charge in [-0.3, -0.25) is 4.98 Å². The van der Waals surface area contributed by atoms with E-state index in [-0.39, 0.29) is 5.56 Å². The predicted molar refractivity (Wildman–Crippen MR) is 38.3 cm³/mol. The molecule has 1 N–H and O–H groups in total. The smallest absolute Gasteiger partial charge is 0.335 e. The Morgan fingerprint density at radius 3 is 2.09 bits per heavy atom. The van der Waals surface area contributed by atoms with Gasteiger partial charge in [0.1, 0.15) is 6.79 Å². The number of carboxylic acids is 1. The first-order valence-electron chi connectivity index (χ1n) is 2.73. The third kappa shape index (κ3) is 3.10. The first kappa shape index (κ1) is 9.29. The van der Waals surface area contributed by atoms with Crippen molar-refractivity contribution in [2.45, 2.75) is 0 Å². The average molecular weight is 153 g/mol. The summed E-state index contributed by atoms with van der Waals surface area (Å²) in [4.78, 5) is 21.8. The molecule has 58 valence electrons. The summed E-state index contributed by atoms with van der Waals surface area (Å²) >= 11 is 0. The van der Waals surface area contributed by atoms with Gasteiger partial charge in [-0.05, 0) is 12.1 Å². The Bertz CT molecular complexity index is 222. The van der Waals surface area contributed by atoms with Gasteiger partial charge < -0.3 is 9.90 Å². The number of carboxylic acid groups (broad SMARTS) is 1. The fourth-order valence-electron chi connectivity index (χ4n) is 0.494. The molecule has 0 unspecified atom stereocenters. The lowest BCUT2D eigenvalue weighted by Crippen LogP contribution is -1.94. The quantitative estimate of drug-likeness (QED) is 0.641. The van der Waals surface area contributed by atoms with Crippen LogP contribution in [-0.4, -0.2) is 22.8 Å². The molecule has 0 aliphatic rings. The number of rotatable bonds is 1. The molecule has 4 nitrogen and oxygen atoms in total. The van der Waals surface area contributed by atoms with Crippen molar-refractivity contribution in [2.75, 3.05) is 0 Å². The standard InChI is InChI=1S/C6H5NO2.CH2O/c8-6(9)5-1-3-7-4-2-5;1-2/h1-4H,(H,8,9);1H2. The molecule has 1 heterocycles. The van der Waals surface area contributed by atoms with Crippen molar-refractivity contribution in [3.05, 3.63) is 30.1 Å². The zero-order chi connectivity index (χ0) is 8.69. The molecule has 1 aromatic rings. The topological polar surface area (TPSA) is 67.3 Å². The van der Waals surface area contributed by atoms with Crippen molar-refractivity contribution in [1.82, 2.24) is 4.98 Å². The molecule has 0 saturated carbocycles. The Kier molecular flexibility index (Phi) is 4.31. The second-order valence-electron chi connectivity index (χ2n) is 1.54. The summed E-state index contributed by atoms with van der Waals surface area (Å²) in [5.74, 6) is -0.919. The Balaban J connectivity index is 0.000000461. The van der Waals surface area contributed by atoms with Crippen LogP contribution in [0.5, 0.6) is 0 Å². The lowest BCUT2D eigenvalue weighted by Gasteiger charge is -1.87. The molecule has 11 heavy (non-hydrogen) atoms. The van der Waals surface area contributed by atoms with Crippen LogP contribution >= 0.6 is 0 Å². The van der Waals surface area contributed by atoms with E-state index in [9.17, 15) is 4.79 Å². The molecule has 0 aromatic carbocycles. The van der Waals surface area contributed by atoms with Crippen molar-refractivity contribution in [1.29, 1.82) is 0 Å². The molecule has 0 spiro atoms. The second-order valence-corrected chi connectivity index (χ2v) is 1.54. The fourth-order valence-corrected chi connectivity index (χ4v) is 0.494. The zero-order valence-electron chi connectivity index (χ0n) is 5.73. The minimum Gasteiger partial charge on any atom is -0.478 e. The van der Waals surface area contributed by atoms with Crippen molar-refractivity contribution >= 4 is 12.8 Å². The molecule has 0 atom stereocenters. The van der Waals surface area contributed by atoms with E-state index >= 15 is 0 Å². The fraction of sp³-hybridized carbons (Fsp3) is 0. The number of carbonyl (C=O) groups is 2. The van der Waals surface area contributed by atoms with Gasteiger partial charge in [-0.15, -0.1) is 0 Å². The lowest BCUT2D eigenvalue weighted by molar-refractivity contribution is -0.0980. The molecule has 0 bridgehead atoms. The number of hydrogen-bond donors (Lipinski definition) is 1. The summed E-state index contributed by atoms with van der Waals surface area (Å²) in [7, 11) is 0. The second kappa shape index (κ2) is 5.10. The van der Waals surface area contributed by atoms with Gasteiger partial charge in [0.05, 0.1) is 5.56 Å². The number of pyridine rings is 1. The van der Waals surface area contributed by atoms with Gasteiger partial charge in [0.25, 0.3) is 0 Å². The molecule has 0 aliphatic heterocycles. The number of carbonyl (C=O) groups excluding carboxylic acids is 1. The van der Waals surface area contributed by atoms with Gasteiger partial charge in [0.15, 0.2) is 0 Å². The molecule has 4 heteroatoms. The number of nitrogens with zero attached hydrogens (tertiary/aromatic N) is 1. The van der Waals surface area contributed by atoms with Crippen LogP contribution in [0.25, 0.3) is 0 Å². The molecule has 0 fully saturated rings. The van der Waals surface area contributed by atoms with Crippen LogP contribution in [-0.2, 0) is 4.79 Å². The van der Waals surface area contributed by atoms with E-state index in [0.29, 0.717) is 0 Å². The van der Waals surface area contributed by atoms with Gasteiger partial charge >= 0.3 is 5.97 Å². The van der Waals surface area contributed by atoms with E-state index in [1.807, 2.05) is 6.79 Å². The van der Waals surface area contributed by atoms with Crippen molar-refractivity contribution < 1.29 is 14.7 Å². The molecule has 0 radical (unpaired) electrons. The number of aromatic carboxylic acids is 1. The van der Waals surface area contributed by atoms with E-state index in [0.717, 1.165) is 0 Å². The summed E-state index contributed by atoms with van der Waals surface area (Å²) in [5.41, 5.74) is 0.269. The van der Waals surface area contributed by atoms with Gasteiger partial charge in [-0.2, -0.15) is 0 Å². The lowest BCUT2D eigenvalue weighted by atomic mass is 10.3. The third-order valence-corrected chi connectivity index (χ3v) is 0.927. The number of aromatic nitrogens is 1. The summed E-state index contributed by atoms with van der Waals surface area (Å²) in [6.07, 6.45) is 2.90. The highest BCUT2D eigenvalue weighted by atomic mass is 16.4. The Labute approximate surface area is 63.5 Å². The number of hydrogen-bond acceptors (Lipinski definition) is 3. The van der Waals surface area contributed by atoms with E-state index in [1.165, 1.54) is 24.5 Å². The van der Waals surface area contributed by atoms with Crippen LogP contribution in [0.3, 0.4) is 0 Å². The Morgan fingerprint density at radius 2 is 1.82 bits per heavy atom. The van der Waals surface area contributed by atoms with Crippen LogP contribution < -0.4 is 0 Å². The first-order valence-corrected chi connectivity index (χ1v) is 2.73. The minimum atomic E-state index is -0.919. The third-order valence-electron chi connectivity index (χ3n) is 0.927. The van der Waals surface area contributed by atoms with Gasteiger partial charge in [0, 0.05) is 12.4 Å². The van der Waals surface area contributed by atoms with E-state index in [4.69, 9.17) is 9.90 Å². The minimum absolute atomic E-state index is 0.269. The average Bonchev–Trinajstić information content (AvgIpc) is 2.10. The molecule has 0 amide bonds. The molecule has 1 aromatic heterocycles. The van der Waals surface area contributed by atoms with Crippen LogP contribution in [0.4, 0.5) is 0 Å². The summed E-state index contributed by atoms with van der Waals surface area (Å²) < 4.78 is 0. The predicted octanol–water partition coefficient (Wildman–Crippen LogP) is 0.595. The van der Waals surface area contributed by atoms with Crippen LogP contribution in [0, 0.1) is 0 Å². The highest BCUT2D eigenvalue weighted by Gasteiger charge is 1.97. The monoisotopic (exact) mass is 153 g/mol. The zero-order valence-corrected chi connectivity index (χ0v) is 5.73. The maximum absolute atomic E-state index is 10.2.